The molecule has 1 aliphatic rings. The fraction of sp³-hybridized carbons (Fsp3) is 0.211. The van der Waals surface area contributed by atoms with E-state index in [0.717, 1.165) is 22.8 Å². The lowest BCUT2D eigenvalue weighted by Crippen LogP contribution is -2.39. The van der Waals surface area contributed by atoms with Crippen LogP contribution in [0.15, 0.2) is 48.7 Å². The number of nitrogens with zero attached hydrogens (tertiary/aromatic N) is 4. The first-order chi connectivity index (χ1) is 12.1. The van der Waals surface area contributed by atoms with Crippen LogP contribution in [-0.2, 0) is 13.1 Å². The molecule has 0 radical (unpaired) electrons. The normalized spacial score (nSPS) is 13.6. The fourth-order valence-electron chi connectivity index (χ4n) is 3.14. The van der Waals surface area contributed by atoms with Crippen molar-refractivity contribution in [3.8, 4) is 11.3 Å². The average Bonchev–Trinajstić information content (AvgIpc) is 3.04. The Hall–Kier alpha value is -3.02. The number of carbonyl (C=O) groups is 1. The third-order valence-electron chi connectivity index (χ3n) is 4.38. The number of aromatic nitrogens is 3. The standard InChI is InChI=1S/C19H17FN4O/c1-13-4-2-7-16(22-13)19(25)23-8-9-24-17(11-21-18(24)12-23)14-5-3-6-15(20)10-14/h2-7,10-11H,8-9,12H2,1H3. The first-order valence-electron chi connectivity index (χ1n) is 8.15. The fourth-order valence-corrected chi connectivity index (χ4v) is 3.14. The minimum atomic E-state index is -0.272. The maximum Gasteiger partial charge on any atom is 0.272 e. The van der Waals surface area contributed by atoms with Crippen molar-refractivity contribution in [2.24, 2.45) is 0 Å². The lowest BCUT2D eigenvalue weighted by Gasteiger charge is -2.28. The third-order valence-corrected chi connectivity index (χ3v) is 4.38. The van der Waals surface area contributed by atoms with E-state index < -0.39 is 0 Å². The predicted octanol–water partition coefficient (Wildman–Crippen LogP) is 3.05. The van der Waals surface area contributed by atoms with E-state index in [-0.39, 0.29) is 11.7 Å². The highest BCUT2D eigenvalue weighted by molar-refractivity contribution is 5.92. The predicted molar refractivity (Wildman–Crippen MR) is 91.3 cm³/mol. The van der Waals surface area contributed by atoms with Crippen molar-refractivity contribution in [2.45, 2.75) is 20.0 Å². The molecular formula is C19H17FN4O. The molecule has 2 aromatic heterocycles. The Bertz CT molecular complexity index is 950. The summed E-state index contributed by atoms with van der Waals surface area (Å²) in [4.78, 5) is 23.1. The largest absolute Gasteiger partial charge is 0.328 e. The second kappa shape index (κ2) is 6.12. The summed E-state index contributed by atoms with van der Waals surface area (Å²) >= 11 is 0. The molecule has 0 saturated carbocycles. The van der Waals surface area contributed by atoms with Gasteiger partial charge in [0.05, 0.1) is 18.4 Å². The molecule has 126 valence electrons. The van der Waals surface area contributed by atoms with Gasteiger partial charge in [-0.15, -0.1) is 0 Å². The number of carbonyl (C=O) groups excluding carboxylic acids is 1. The SMILES string of the molecule is Cc1cccc(C(=O)N2CCn3c(-c4cccc(F)c4)cnc3C2)n1. The number of rotatable bonds is 2. The lowest BCUT2D eigenvalue weighted by molar-refractivity contribution is 0.0702. The van der Waals surface area contributed by atoms with Crippen molar-refractivity contribution in [3.05, 3.63) is 71.7 Å². The lowest BCUT2D eigenvalue weighted by atomic mass is 10.1. The monoisotopic (exact) mass is 336 g/mol. The highest BCUT2D eigenvalue weighted by atomic mass is 19.1. The number of aryl methyl sites for hydroxylation is 1. The van der Waals surface area contributed by atoms with Crippen LogP contribution in [0.1, 0.15) is 22.0 Å². The van der Waals surface area contributed by atoms with Crippen LogP contribution in [0.4, 0.5) is 4.39 Å². The number of halogens is 1. The number of hydrogen-bond acceptors (Lipinski definition) is 3. The highest BCUT2D eigenvalue weighted by Crippen LogP contribution is 2.25. The van der Waals surface area contributed by atoms with Gasteiger partial charge in [0.1, 0.15) is 17.3 Å². The van der Waals surface area contributed by atoms with Gasteiger partial charge >= 0.3 is 0 Å². The Morgan fingerprint density at radius 3 is 2.80 bits per heavy atom. The maximum absolute atomic E-state index is 13.5. The Labute approximate surface area is 144 Å². The molecule has 3 aromatic rings. The van der Waals surface area contributed by atoms with Crippen molar-refractivity contribution in [1.82, 2.24) is 19.4 Å². The minimum Gasteiger partial charge on any atom is -0.328 e. The second-order valence-corrected chi connectivity index (χ2v) is 6.11. The van der Waals surface area contributed by atoms with Gasteiger partial charge in [0.15, 0.2) is 0 Å². The molecule has 0 N–H and O–H groups in total. The van der Waals surface area contributed by atoms with Crippen LogP contribution in [0.2, 0.25) is 0 Å². The van der Waals surface area contributed by atoms with E-state index in [9.17, 15) is 9.18 Å². The molecule has 1 aromatic carbocycles. The first-order valence-corrected chi connectivity index (χ1v) is 8.15. The molecule has 1 aliphatic heterocycles. The number of amides is 1. The molecule has 0 fully saturated rings. The molecular weight excluding hydrogens is 319 g/mol. The van der Waals surface area contributed by atoms with E-state index in [1.54, 1.807) is 23.2 Å². The number of hydrogen-bond donors (Lipinski definition) is 0. The molecule has 4 rings (SSSR count). The van der Waals surface area contributed by atoms with Crippen molar-refractivity contribution in [2.75, 3.05) is 6.54 Å². The van der Waals surface area contributed by atoms with E-state index >= 15 is 0 Å². The molecule has 3 heterocycles. The molecule has 0 unspecified atom stereocenters. The van der Waals surface area contributed by atoms with E-state index in [4.69, 9.17) is 0 Å². The van der Waals surface area contributed by atoms with Crippen LogP contribution in [0.5, 0.6) is 0 Å². The summed E-state index contributed by atoms with van der Waals surface area (Å²) in [6.45, 7) is 3.48. The van der Waals surface area contributed by atoms with Crippen LogP contribution < -0.4 is 0 Å². The van der Waals surface area contributed by atoms with Gasteiger partial charge in [0.25, 0.3) is 5.91 Å². The maximum atomic E-state index is 13.5. The zero-order valence-corrected chi connectivity index (χ0v) is 13.8. The summed E-state index contributed by atoms with van der Waals surface area (Å²) in [6, 6.07) is 11.9. The van der Waals surface area contributed by atoms with Gasteiger partial charge in [-0.2, -0.15) is 0 Å². The summed E-state index contributed by atoms with van der Waals surface area (Å²) in [5.74, 6) is 0.433. The van der Waals surface area contributed by atoms with Gasteiger partial charge in [-0.3, -0.25) is 4.79 Å². The van der Waals surface area contributed by atoms with Crippen LogP contribution in [-0.4, -0.2) is 31.9 Å². The highest BCUT2D eigenvalue weighted by Gasteiger charge is 2.25. The van der Waals surface area contributed by atoms with Crippen molar-refractivity contribution >= 4 is 5.91 Å². The van der Waals surface area contributed by atoms with Gasteiger partial charge in [0.2, 0.25) is 0 Å². The molecule has 0 aliphatic carbocycles. The molecule has 6 heteroatoms. The quantitative estimate of drug-likeness (QED) is 0.723. The zero-order valence-electron chi connectivity index (χ0n) is 13.8. The minimum absolute atomic E-state index is 0.0924. The Morgan fingerprint density at radius 2 is 2.00 bits per heavy atom. The Balaban J connectivity index is 1.60. The Kier molecular flexibility index (Phi) is 3.80. The van der Waals surface area contributed by atoms with Crippen LogP contribution in [0, 0.1) is 12.7 Å². The Morgan fingerprint density at radius 1 is 1.16 bits per heavy atom. The van der Waals surface area contributed by atoms with Crippen LogP contribution in [0.25, 0.3) is 11.3 Å². The number of pyridine rings is 1. The molecule has 0 atom stereocenters. The van der Waals surface area contributed by atoms with Gasteiger partial charge in [-0.25, -0.2) is 14.4 Å². The zero-order chi connectivity index (χ0) is 17.4. The summed E-state index contributed by atoms with van der Waals surface area (Å²) in [5, 5.41) is 0. The van der Waals surface area contributed by atoms with Gasteiger partial charge in [-0.05, 0) is 31.2 Å². The first kappa shape index (κ1) is 15.5. The van der Waals surface area contributed by atoms with Gasteiger partial charge < -0.3 is 9.47 Å². The topological polar surface area (TPSA) is 51.0 Å². The molecule has 1 amide bonds. The van der Waals surface area contributed by atoms with Crippen LogP contribution in [0.3, 0.4) is 0 Å². The van der Waals surface area contributed by atoms with Gasteiger partial charge in [0, 0.05) is 24.3 Å². The van der Waals surface area contributed by atoms with Crippen LogP contribution >= 0.6 is 0 Å². The second-order valence-electron chi connectivity index (χ2n) is 6.11. The smallest absolute Gasteiger partial charge is 0.272 e. The number of fused-ring (bicyclic) bond motifs is 1. The van der Waals surface area contributed by atoms with E-state index in [1.165, 1.54) is 12.1 Å². The molecule has 25 heavy (non-hydrogen) atoms. The molecule has 5 nitrogen and oxygen atoms in total. The van der Waals surface area contributed by atoms with Gasteiger partial charge in [-0.1, -0.05) is 18.2 Å². The van der Waals surface area contributed by atoms with Crippen molar-refractivity contribution in [3.63, 3.8) is 0 Å². The summed E-state index contributed by atoms with van der Waals surface area (Å²) in [7, 11) is 0. The third kappa shape index (κ3) is 2.91. The molecule has 0 spiro atoms. The average molecular weight is 336 g/mol. The molecule has 0 saturated heterocycles. The summed E-state index contributed by atoms with van der Waals surface area (Å²) in [6.07, 6.45) is 1.74. The van der Waals surface area contributed by atoms with Crippen molar-refractivity contribution < 1.29 is 9.18 Å². The van der Waals surface area contributed by atoms with E-state index in [2.05, 4.69) is 9.97 Å². The summed E-state index contributed by atoms with van der Waals surface area (Å²) < 4.78 is 15.5. The van der Waals surface area contributed by atoms with E-state index in [0.29, 0.717) is 25.3 Å². The van der Waals surface area contributed by atoms with E-state index in [1.807, 2.05) is 29.7 Å². The number of imidazole rings is 1. The number of benzene rings is 1. The molecule has 0 bridgehead atoms. The summed E-state index contributed by atoms with van der Waals surface area (Å²) in [5.41, 5.74) is 2.93. The van der Waals surface area contributed by atoms with Crippen molar-refractivity contribution in [1.29, 1.82) is 0 Å².